The largest absolute Gasteiger partial charge is 0.506 e. The van der Waals surface area contributed by atoms with E-state index in [1.54, 1.807) is 30.3 Å². The highest BCUT2D eigenvalue weighted by molar-refractivity contribution is 5.92. The second-order valence-electron chi connectivity index (χ2n) is 8.90. The Balaban J connectivity index is 1.47. The van der Waals surface area contributed by atoms with E-state index in [0.717, 1.165) is 16.7 Å². The van der Waals surface area contributed by atoms with Crippen LogP contribution in [0.15, 0.2) is 66.7 Å². The first-order chi connectivity index (χ1) is 17.7. The lowest BCUT2D eigenvalue weighted by molar-refractivity contribution is -0.120. The summed E-state index contributed by atoms with van der Waals surface area (Å²) in [6.07, 6.45) is 0.583. The second kappa shape index (κ2) is 13.2. The normalized spacial score (nSPS) is 12.4. The van der Waals surface area contributed by atoms with Crippen molar-refractivity contribution in [1.29, 1.82) is 0 Å². The molecule has 0 aliphatic carbocycles. The van der Waals surface area contributed by atoms with Crippen molar-refractivity contribution in [1.82, 2.24) is 10.6 Å². The highest BCUT2D eigenvalue weighted by Gasteiger charge is 2.13. The quantitative estimate of drug-likeness (QED) is 0.155. The van der Waals surface area contributed by atoms with Crippen LogP contribution >= 0.6 is 0 Å². The maximum Gasteiger partial charge on any atom is 0.248 e. The first-order valence-corrected chi connectivity index (χ1v) is 11.9. The first-order valence-electron chi connectivity index (χ1n) is 11.9. The molecule has 0 bridgehead atoms. The molecule has 0 heterocycles. The fraction of sp³-hybridized carbons (Fsp3) is 0.250. The van der Waals surface area contributed by atoms with Gasteiger partial charge in [0.05, 0.1) is 18.2 Å². The number of hydrogen-bond acceptors (Lipinski definition) is 6. The number of amides is 3. The Hall–Kier alpha value is -4.21. The fourth-order valence-corrected chi connectivity index (χ4v) is 3.90. The van der Waals surface area contributed by atoms with E-state index in [1.165, 1.54) is 12.1 Å². The van der Waals surface area contributed by atoms with Gasteiger partial charge < -0.3 is 31.9 Å². The molecule has 0 aromatic heterocycles. The van der Waals surface area contributed by atoms with Crippen molar-refractivity contribution in [3.05, 3.63) is 94.5 Å². The van der Waals surface area contributed by atoms with Crippen LogP contribution in [0.2, 0.25) is 0 Å². The number of benzene rings is 3. The molecule has 9 heteroatoms. The van der Waals surface area contributed by atoms with Gasteiger partial charge in [-0.05, 0) is 59.9 Å². The maximum atomic E-state index is 12.4. The molecule has 0 radical (unpaired) electrons. The van der Waals surface area contributed by atoms with E-state index >= 15 is 0 Å². The SMILES string of the molecule is C[C@H](Cc1cccc(CC(=O)NCc2ccc(C(N)=O)cc2)c1)NC[C@H](O)c1ccc(O)c(NC=O)c1. The van der Waals surface area contributed by atoms with Gasteiger partial charge in [0.25, 0.3) is 0 Å². The Labute approximate surface area is 215 Å². The van der Waals surface area contributed by atoms with Crippen molar-refractivity contribution in [2.75, 3.05) is 11.9 Å². The van der Waals surface area contributed by atoms with Crippen molar-refractivity contribution in [2.45, 2.75) is 38.5 Å². The molecule has 0 saturated carbocycles. The smallest absolute Gasteiger partial charge is 0.248 e. The maximum absolute atomic E-state index is 12.4. The van der Waals surface area contributed by atoms with Gasteiger partial charge in [0.15, 0.2) is 0 Å². The Kier molecular flexibility index (Phi) is 9.76. The third-order valence-corrected chi connectivity index (χ3v) is 5.91. The zero-order valence-electron chi connectivity index (χ0n) is 20.6. The van der Waals surface area contributed by atoms with Gasteiger partial charge in [0, 0.05) is 24.7 Å². The number of carbonyl (C=O) groups excluding carboxylic acids is 3. The Morgan fingerprint density at radius 3 is 2.43 bits per heavy atom. The number of aliphatic hydroxyl groups is 1. The molecule has 0 saturated heterocycles. The summed E-state index contributed by atoms with van der Waals surface area (Å²) in [6.45, 7) is 2.65. The summed E-state index contributed by atoms with van der Waals surface area (Å²) in [5.41, 5.74) is 9.30. The number of aliphatic hydroxyl groups excluding tert-OH is 1. The summed E-state index contributed by atoms with van der Waals surface area (Å²) in [6, 6.07) is 19.2. The van der Waals surface area contributed by atoms with E-state index in [4.69, 9.17) is 5.73 Å². The number of phenols is 1. The molecule has 7 N–H and O–H groups in total. The molecule has 0 spiro atoms. The van der Waals surface area contributed by atoms with Crippen LogP contribution in [-0.4, -0.2) is 41.0 Å². The second-order valence-corrected chi connectivity index (χ2v) is 8.90. The number of aromatic hydroxyl groups is 1. The number of anilines is 1. The van der Waals surface area contributed by atoms with Crippen molar-refractivity contribution in [3.63, 3.8) is 0 Å². The lowest BCUT2D eigenvalue weighted by Gasteiger charge is -2.18. The Bertz CT molecular complexity index is 1230. The number of rotatable bonds is 13. The number of nitrogens with two attached hydrogens (primary N) is 1. The molecule has 2 atom stereocenters. The minimum Gasteiger partial charge on any atom is -0.506 e. The summed E-state index contributed by atoms with van der Waals surface area (Å²) in [7, 11) is 0. The predicted molar refractivity (Wildman–Crippen MR) is 141 cm³/mol. The highest BCUT2D eigenvalue weighted by atomic mass is 16.3. The minimum atomic E-state index is -0.822. The van der Waals surface area contributed by atoms with Crippen molar-refractivity contribution in [3.8, 4) is 5.75 Å². The van der Waals surface area contributed by atoms with Gasteiger partial charge in [0.2, 0.25) is 18.2 Å². The van der Waals surface area contributed by atoms with Crippen molar-refractivity contribution >= 4 is 23.9 Å². The van der Waals surface area contributed by atoms with Gasteiger partial charge in [-0.3, -0.25) is 14.4 Å². The molecule has 194 valence electrons. The van der Waals surface area contributed by atoms with Crippen LogP contribution in [0, 0.1) is 0 Å². The summed E-state index contributed by atoms with van der Waals surface area (Å²) >= 11 is 0. The zero-order valence-corrected chi connectivity index (χ0v) is 20.6. The molecule has 3 aromatic carbocycles. The van der Waals surface area contributed by atoms with Gasteiger partial charge in [-0.2, -0.15) is 0 Å². The lowest BCUT2D eigenvalue weighted by Crippen LogP contribution is -2.32. The number of carbonyl (C=O) groups is 3. The Morgan fingerprint density at radius 1 is 1.00 bits per heavy atom. The molecule has 0 unspecified atom stereocenters. The minimum absolute atomic E-state index is 0.0480. The number of hydrogen-bond donors (Lipinski definition) is 6. The van der Waals surface area contributed by atoms with Gasteiger partial charge in [0.1, 0.15) is 5.75 Å². The van der Waals surface area contributed by atoms with Crippen LogP contribution in [0.5, 0.6) is 5.75 Å². The predicted octanol–water partition coefficient (Wildman–Crippen LogP) is 2.17. The molecule has 0 fully saturated rings. The van der Waals surface area contributed by atoms with Crippen LogP contribution in [0.1, 0.15) is 45.6 Å². The molecule has 3 amide bonds. The molecule has 3 aromatic rings. The van der Waals surface area contributed by atoms with Crippen molar-refractivity contribution in [2.24, 2.45) is 5.73 Å². The highest BCUT2D eigenvalue weighted by Crippen LogP contribution is 2.26. The molecule has 0 aliphatic rings. The Morgan fingerprint density at radius 2 is 1.73 bits per heavy atom. The van der Waals surface area contributed by atoms with Crippen molar-refractivity contribution < 1.29 is 24.6 Å². The van der Waals surface area contributed by atoms with Gasteiger partial charge >= 0.3 is 0 Å². The average Bonchev–Trinajstić information content (AvgIpc) is 2.88. The van der Waals surface area contributed by atoms with Crippen LogP contribution in [0.3, 0.4) is 0 Å². The van der Waals surface area contributed by atoms with Gasteiger partial charge in [-0.25, -0.2) is 0 Å². The van der Waals surface area contributed by atoms with E-state index in [9.17, 15) is 24.6 Å². The standard InChI is InChI=1S/C28H32N4O5/c1-18(30-16-26(35)23-9-10-25(34)24(14-23)32-17-33)11-20-3-2-4-21(12-20)13-27(36)31-15-19-5-7-22(8-6-19)28(29)37/h2-10,12,14,17-18,26,30,34-35H,11,13,15-16H2,1H3,(H2,29,37)(H,31,36)(H,32,33)/t18-,26+/m1/s1. The van der Waals surface area contributed by atoms with Gasteiger partial charge in [-0.15, -0.1) is 0 Å². The van der Waals surface area contributed by atoms with E-state index < -0.39 is 12.0 Å². The zero-order chi connectivity index (χ0) is 26.8. The fourth-order valence-electron chi connectivity index (χ4n) is 3.90. The molecular weight excluding hydrogens is 472 g/mol. The van der Waals surface area contributed by atoms with Crippen LogP contribution in [0.25, 0.3) is 0 Å². The molecule has 3 rings (SSSR count). The average molecular weight is 505 g/mol. The lowest BCUT2D eigenvalue weighted by atomic mass is 10.0. The van der Waals surface area contributed by atoms with E-state index in [2.05, 4.69) is 16.0 Å². The topological polar surface area (TPSA) is 154 Å². The molecule has 9 nitrogen and oxygen atoms in total. The number of phenolic OH excluding ortho intramolecular Hbond substituents is 1. The van der Waals surface area contributed by atoms with E-state index in [1.807, 2.05) is 31.2 Å². The number of primary amides is 1. The van der Waals surface area contributed by atoms with Crippen LogP contribution in [-0.2, 0) is 29.0 Å². The third kappa shape index (κ3) is 8.45. The molecule has 37 heavy (non-hydrogen) atoms. The summed E-state index contributed by atoms with van der Waals surface area (Å²) in [5.74, 6) is -0.671. The number of nitrogens with one attached hydrogen (secondary N) is 3. The van der Waals surface area contributed by atoms with E-state index in [0.29, 0.717) is 30.5 Å². The molecular formula is C28H32N4O5. The third-order valence-electron chi connectivity index (χ3n) is 5.91. The monoisotopic (exact) mass is 504 g/mol. The summed E-state index contributed by atoms with van der Waals surface area (Å²) < 4.78 is 0. The summed E-state index contributed by atoms with van der Waals surface area (Å²) in [5, 5.41) is 28.8. The van der Waals surface area contributed by atoms with E-state index in [-0.39, 0.29) is 36.4 Å². The summed E-state index contributed by atoms with van der Waals surface area (Å²) in [4.78, 5) is 34.3. The van der Waals surface area contributed by atoms with Crippen LogP contribution < -0.4 is 21.7 Å². The van der Waals surface area contributed by atoms with Crippen LogP contribution in [0.4, 0.5) is 5.69 Å². The first kappa shape index (κ1) is 27.4. The van der Waals surface area contributed by atoms with Gasteiger partial charge in [-0.1, -0.05) is 42.5 Å². The molecule has 0 aliphatic heterocycles.